The van der Waals surface area contributed by atoms with Crippen molar-refractivity contribution < 1.29 is 14.0 Å². The highest BCUT2D eigenvalue weighted by Crippen LogP contribution is 2.38. The van der Waals surface area contributed by atoms with Gasteiger partial charge in [0.1, 0.15) is 11.8 Å². The zero-order valence-corrected chi connectivity index (χ0v) is 19.4. The molecule has 6 nitrogen and oxygen atoms in total. The molecule has 0 fully saturated rings. The summed E-state index contributed by atoms with van der Waals surface area (Å²) in [5, 5.41) is 3.36. The Hall–Kier alpha value is -2.12. The molecule has 1 atom stereocenters. The minimum absolute atomic E-state index is 0.132. The number of carbonyl (C=O) groups is 1. The summed E-state index contributed by atoms with van der Waals surface area (Å²) in [5.41, 5.74) is 3.21. The van der Waals surface area contributed by atoms with Crippen molar-refractivity contribution in [2.24, 2.45) is 0 Å². The molecule has 3 rings (SSSR count). The van der Waals surface area contributed by atoms with Gasteiger partial charge in [-0.1, -0.05) is 39.0 Å². The molecule has 1 aromatic carbocycles. The summed E-state index contributed by atoms with van der Waals surface area (Å²) in [5.74, 6) is 0.741. The van der Waals surface area contributed by atoms with Crippen LogP contribution in [-0.4, -0.2) is 36.5 Å². The summed E-state index contributed by atoms with van der Waals surface area (Å²) in [6, 6.07) is 7.91. The normalized spacial score (nSPS) is 17.0. The van der Waals surface area contributed by atoms with E-state index in [4.69, 9.17) is 9.16 Å². The predicted octanol–water partition coefficient (Wildman–Crippen LogP) is 3.89. The third-order valence-corrected chi connectivity index (χ3v) is 10.3. The summed E-state index contributed by atoms with van der Waals surface area (Å²) in [4.78, 5) is 16.7. The second-order valence-electron chi connectivity index (χ2n) is 9.13. The van der Waals surface area contributed by atoms with Crippen LogP contribution in [0.3, 0.4) is 0 Å². The molecule has 2 heterocycles. The summed E-state index contributed by atoms with van der Waals surface area (Å²) in [7, 11) is -1.94. The van der Waals surface area contributed by atoms with E-state index in [-0.39, 0.29) is 17.0 Å². The second-order valence-corrected chi connectivity index (χ2v) is 13.9. The molecule has 0 bridgehead atoms. The van der Waals surface area contributed by atoms with E-state index >= 15 is 0 Å². The largest absolute Gasteiger partial charge is 0.543 e. The Labute approximate surface area is 174 Å². The lowest BCUT2D eigenvalue weighted by atomic mass is 10.0. The Kier molecular flexibility index (Phi) is 6.19. The summed E-state index contributed by atoms with van der Waals surface area (Å²) in [6.07, 6.45) is 2.45. The number of imidazole rings is 1. The van der Waals surface area contributed by atoms with Gasteiger partial charge in [-0.3, -0.25) is 10.1 Å². The Morgan fingerprint density at radius 2 is 2.03 bits per heavy atom. The Morgan fingerprint density at radius 3 is 2.72 bits per heavy atom. The smallest absolute Gasteiger partial charge is 0.323 e. The van der Waals surface area contributed by atoms with Crippen LogP contribution in [-0.2, 0) is 29.0 Å². The van der Waals surface area contributed by atoms with Crippen molar-refractivity contribution in [2.45, 2.75) is 71.4 Å². The van der Waals surface area contributed by atoms with E-state index in [9.17, 15) is 4.79 Å². The lowest BCUT2D eigenvalue weighted by Gasteiger charge is -2.37. The van der Waals surface area contributed by atoms with E-state index in [2.05, 4.69) is 60.9 Å². The van der Waals surface area contributed by atoms with E-state index in [0.717, 1.165) is 22.7 Å². The fourth-order valence-electron chi connectivity index (χ4n) is 3.21. The van der Waals surface area contributed by atoms with Crippen molar-refractivity contribution in [3.8, 4) is 5.75 Å². The number of hydrogen-bond acceptors (Lipinski definition) is 5. The van der Waals surface area contributed by atoms with Crippen LogP contribution in [0, 0.1) is 0 Å². The number of benzene rings is 1. The Morgan fingerprint density at radius 1 is 1.31 bits per heavy atom. The first kappa shape index (κ1) is 21.6. The lowest BCUT2D eigenvalue weighted by molar-refractivity contribution is -0.145. The van der Waals surface area contributed by atoms with Crippen LogP contribution in [0.25, 0.3) is 0 Å². The van der Waals surface area contributed by atoms with Gasteiger partial charge in [-0.25, -0.2) is 4.98 Å². The minimum Gasteiger partial charge on any atom is -0.543 e. The maximum Gasteiger partial charge on any atom is 0.323 e. The molecule has 7 heteroatoms. The molecule has 1 N–H and O–H groups in total. The fraction of sp³-hybridized carbons (Fsp3) is 0.545. The van der Waals surface area contributed by atoms with Gasteiger partial charge in [0.2, 0.25) is 8.32 Å². The van der Waals surface area contributed by atoms with Gasteiger partial charge >= 0.3 is 5.97 Å². The lowest BCUT2D eigenvalue weighted by Crippen LogP contribution is -2.44. The maximum absolute atomic E-state index is 12.2. The second kappa shape index (κ2) is 8.32. The van der Waals surface area contributed by atoms with E-state index in [1.165, 1.54) is 0 Å². The molecule has 158 valence electrons. The van der Waals surface area contributed by atoms with Crippen LogP contribution in [0.5, 0.6) is 5.75 Å². The molecule has 0 spiro atoms. The summed E-state index contributed by atoms with van der Waals surface area (Å²) >= 11 is 0. The van der Waals surface area contributed by atoms with Crippen molar-refractivity contribution in [3.63, 3.8) is 0 Å². The zero-order valence-electron chi connectivity index (χ0n) is 18.4. The van der Waals surface area contributed by atoms with Gasteiger partial charge in [0.25, 0.3) is 0 Å². The van der Waals surface area contributed by atoms with Gasteiger partial charge in [-0.2, -0.15) is 0 Å². The molecule has 29 heavy (non-hydrogen) atoms. The van der Waals surface area contributed by atoms with Gasteiger partial charge in [0, 0.05) is 24.2 Å². The number of fused-ring (bicyclic) bond motifs is 1. The average molecular weight is 416 g/mol. The highest BCUT2D eigenvalue weighted by Gasteiger charge is 2.39. The Balaban J connectivity index is 1.83. The fourth-order valence-corrected chi connectivity index (χ4v) is 4.26. The average Bonchev–Trinajstić information content (AvgIpc) is 3.04. The van der Waals surface area contributed by atoms with Crippen LogP contribution in [0.1, 0.15) is 44.6 Å². The number of nitrogens with zero attached hydrogens (tertiary/aromatic N) is 2. The number of rotatable bonds is 6. The molecular formula is C22H33N3O3Si. The number of aromatic nitrogens is 2. The first-order chi connectivity index (χ1) is 13.6. The first-order valence-electron chi connectivity index (χ1n) is 10.3. The van der Waals surface area contributed by atoms with Crippen molar-refractivity contribution >= 4 is 14.3 Å². The third-order valence-electron chi connectivity index (χ3n) is 6.00. The molecule has 1 aliphatic rings. The number of para-hydroxylation sites is 1. The minimum atomic E-state index is -1.94. The van der Waals surface area contributed by atoms with Crippen molar-refractivity contribution in [1.29, 1.82) is 0 Å². The number of carbonyl (C=O) groups excluding carboxylic acids is 1. The molecule has 0 amide bonds. The van der Waals surface area contributed by atoms with Crippen LogP contribution in [0.2, 0.25) is 18.1 Å². The monoisotopic (exact) mass is 415 g/mol. The van der Waals surface area contributed by atoms with Gasteiger partial charge in [-0.05, 0) is 31.1 Å². The van der Waals surface area contributed by atoms with E-state index < -0.39 is 8.32 Å². The number of ether oxygens (including phenoxy) is 1. The molecule has 1 unspecified atom stereocenters. The summed E-state index contributed by atoms with van der Waals surface area (Å²) < 4.78 is 13.9. The van der Waals surface area contributed by atoms with Crippen molar-refractivity contribution in [2.75, 3.05) is 6.61 Å². The highest BCUT2D eigenvalue weighted by molar-refractivity contribution is 6.74. The first-order valence-corrected chi connectivity index (χ1v) is 13.2. The van der Waals surface area contributed by atoms with Gasteiger partial charge < -0.3 is 13.7 Å². The quantitative estimate of drug-likeness (QED) is 0.573. The standard InChI is InChI=1S/C22H33N3O3Si/c1-7-27-21(26)17-12-19-18(13-23-17)24-15-25(19)14-16-10-8-9-11-20(16)28-29(5,6)22(2,3)4/h8-11,15,17,23H,7,12-14H2,1-6H3. The number of nitrogens with one attached hydrogen (secondary N) is 1. The number of hydrogen-bond donors (Lipinski definition) is 1. The molecule has 0 saturated heterocycles. The Bertz CT molecular complexity index is 870. The zero-order chi connectivity index (χ0) is 21.2. The highest BCUT2D eigenvalue weighted by atomic mass is 28.4. The molecule has 2 aromatic rings. The molecule has 1 aliphatic heterocycles. The van der Waals surface area contributed by atoms with Gasteiger partial charge in [-0.15, -0.1) is 0 Å². The van der Waals surface area contributed by atoms with Crippen LogP contribution >= 0.6 is 0 Å². The molecule has 1 aromatic heterocycles. The van der Waals surface area contributed by atoms with E-state index in [1.54, 1.807) is 0 Å². The molecule has 0 saturated carbocycles. The van der Waals surface area contributed by atoms with Crippen molar-refractivity contribution in [1.82, 2.24) is 14.9 Å². The number of esters is 1. The van der Waals surface area contributed by atoms with Crippen LogP contribution < -0.4 is 9.74 Å². The van der Waals surface area contributed by atoms with Crippen LogP contribution in [0.15, 0.2) is 30.6 Å². The third kappa shape index (κ3) is 4.73. The predicted molar refractivity (Wildman–Crippen MR) is 117 cm³/mol. The van der Waals surface area contributed by atoms with E-state index in [0.29, 0.717) is 26.1 Å². The molecule has 0 aliphatic carbocycles. The SMILES string of the molecule is CCOC(=O)C1Cc2c(ncn2Cc2ccccc2O[Si](C)(C)C(C)(C)C)CN1. The summed E-state index contributed by atoms with van der Waals surface area (Å²) in [6.45, 7) is 14.7. The molecular weight excluding hydrogens is 382 g/mol. The van der Waals surface area contributed by atoms with Crippen molar-refractivity contribution in [3.05, 3.63) is 47.5 Å². The van der Waals surface area contributed by atoms with Crippen LogP contribution in [0.4, 0.5) is 0 Å². The van der Waals surface area contributed by atoms with Gasteiger partial charge in [0.15, 0.2) is 0 Å². The molecule has 0 radical (unpaired) electrons. The van der Waals surface area contributed by atoms with Gasteiger partial charge in [0.05, 0.1) is 25.2 Å². The topological polar surface area (TPSA) is 65.4 Å². The van der Waals surface area contributed by atoms with E-state index in [1.807, 2.05) is 25.4 Å². The maximum atomic E-state index is 12.2.